The van der Waals surface area contributed by atoms with Crippen LogP contribution < -0.4 is 5.32 Å². The lowest BCUT2D eigenvalue weighted by atomic mass is 10.2. The van der Waals surface area contributed by atoms with E-state index in [0.717, 1.165) is 16.6 Å². The number of carbonyl (C=O) groups excluding carboxylic acids is 1. The van der Waals surface area contributed by atoms with Gasteiger partial charge in [-0.3, -0.25) is 9.78 Å². The summed E-state index contributed by atoms with van der Waals surface area (Å²) in [6, 6.07) is 3.20. The lowest BCUT2D eigenvalue weighted by Gasteiger charge is -2.03. The Labute approximate surface area is 125 Å². The van der Waals surface area contributed by atoms with E-state index in [9.17, 15) is 9.18 Å². The minimum Gasteiger partial charge on any atom is -0.395 e. The number of aromatic nitrogens is 1. The van der Waals surface area contributed by atoms with Gasteiger partial charge in [-0.05, 0) is 12.1 Å². The topological polar surface area (TPSA) is 62.2 Å². The third kappa shape index (κ3) is 4.38. The van der Waals surface area contributed by atoms with E-state index < -0.39 is 11.7 Å². The first-order valence-electron chi connectivity index (χ1n) is 6.25. The summed E-state index contributed by atoms with van der Waals surface area (Å²) in [5.41, 5.74) is 0.817. The molecule has 2 N–H and O–H groups in total. The molecule has 0 spiro atoms. The third-order valence-electron chi connectivity index (χ3n) is 2.56. The van der Waals surface area contributed by atoms with Gasteiger partial charge in [0.15, 0.2) is 5.82 Å². The maximum Gasteiger partial charge on any atom is 0.254 e. The predicted octanol–water partition coefficient (Wildman–Crippen LogP) is 1.95. The van der Waals surface area contributed by atoms with Gasteiger partial charge in [0, 0.05) is 28.4 Å². The molecule has 1 amide bonds. The second-order valence-corrected chi connectivity index (χ2v) is 5.11. The number of hydrogen-bond acceptors (Lipinski definition) is 4. The van der Waals surface area contributed by atoms with Gasteiger partial charge >= 0.3 is 0 Å². The molecule has 21 heavy (non-hydrogen) atoms. The first-order chi connectivity index (χ1) is 10.2. The Balaban J connectivity index is 1.93. The minimum atomic E-state index is -0.642. The number of nitrogens with one attached hydrogen (secondary N) is 1. The van der Waals surface area contributed by atoms with E-state index in [0.29, 0.717) is 13.0 Å². The largest absolute Gasteiger partial charge is 0.395 e. The zero-order chi connectivity index (χ0) is 15.1. The van der Waals surface area contributed by atoms with Gasteiger partial charge in [-0.25, -0.2) is 4.39 Å². The Morgan fingerprint density at radius 3 is 3.14 bits per heavy atom. The quantitative estimate of drug-likeness (QED) is 0.849. The summed E-state index contributed by atoms with van der Waals surface area (Å²) in [6.07, 6.45) is 2.82. The lowest BCUT2D eigenvalue weighted by molar-refractivity contribution is 0.0947. The van der Waals surface area contributed by atoms with Crippen molar-refractivity contribution in [1.82, 2.24) is 10.3 Å². The van der Waals surface area contributed by atoms with Crippen LogP contribution >= 0.6 is 11.3 Å². The highest BCUT2D eigenvalue weighted by Crippen LogP contribution is 2.14. The smallest absolute Gasteiger partial charge is 0.254 e. The summed E-state index contributed by atoms with van der Waals surface area (Å²) >= 11 is 1.46. The van der Waals surface area contributed by atoms with Crippen molar-refractivity contribution in [2.75, 3.05) is 6.61 Å². The highest BCUT2D eigenvalue weighted by Gasteiger charge is 2.11. The second kappa shape index (κ2) is 7.53. The van der Waals surface area contributed by atoms with Crippen LogP contribution in [0.5, 0.6) is 0 Å². The Hall–Kier alpha value is -2.23. The number of amides is 1. The number of carbonyl (C=O) groups is 1. The normalized spacial score (nSPS) is 9.81. The van der Waals surface area contributed by atoms with Crippen LogP contribution in [0.15, 0.2) is 29.9 Å². The van der Waals surface area contributed by atoms with Gasteiger partial charge in [0.2, 0.25) is 0 Å². The van der Waals surface area contributed by atoms with Gasteiger partial charge in [0.1, 0.15) is 0 Å². The fraction of sp³-hybridized carbons (Fsp3) is 0.200. The van der Waals surface area contributed by atoms with Crippen LogP contribution in [-0.4, -0.2) is 22.6 Å². The van der Waals surface area contributed by atoms with E-state index in [1.807, 2.05) is 11.4 Å². The average Bonchev–Trinajstić information content (AvgIpc) is 2.93. The molecule has 0 aliphatic heterocycles. The fourth-order valence-electron chi connectivity index (χ4n) is 1.58. The van der Waals surface area contributed by atoms with Crippen molar-refractivity contribution in [1.29, 1.82) is 0 Å². The van der Waals surface area contributed by atoms with Crippen molar-refractivity contribution < 1.29 is 14.3 Å². The average molecular weight is 304 g/mol. The van der Waals surface area contributed by atoms with Gasteiger partial charge in [0.25, 0.3) is 5.91 Å². The van der Waals surface area contributed by atoms with Gasteiger partial charge in [-0.15, -0.1) is 11.3 Å². The van der Waals surface area contributed by atoms with E-state index in [1.165, 1.54) is 23.6 Å². The van der Waals surface area contributed by atoms with Crippen LogP contribution in [-0.2, 0) is 6.54 Å². The third-order valence-corrected chi connectivity index (χ3v) is 3.50. The number of hydrogen-bond donors (Lipinski definition) is 2. The number of aliphatic hydroxyl groups is 1. The molecule has 0 radical (unpaired) electrons. The predicted molar refractivity (Wildman–Crippen MR) is 78.3 cm³/mol. The molecule has 0 aromatic carbocycles. The SMILES string of the molecule is O=C(NCc1cc(C#CCCO)cs1)c1ccncc1F. The Bertz CT molecular complexity index is 688. The molecule has 6 heteroatoms. The number of aliphatic hydroxyl groups excluding tert-OH is 1. The van der Waals surface area contributed by atoms with E-state index in [1.54, 1.807) is 0 Å². The van der Waals surface area contributed by atoms with Crippen molar-refractivity contribution in [3.63, 3.8) is 0 Å². The molecule has 2 aromatic rings. The van der Waals surface area contributed by atoms with Crippen LogP contribution in [0.25, 0.3) is 0 Å². The molecule has 2 aromatic heterocycles. The van der Waals surface area contributed by atoms with Crippen molar-refractivity contribution in [2.24, 2.45) is 0 Å². The number of thiophene rings is 1. The number of nitrogens with zero attached hydrogens (tertiary/aromatic N) is 1. The molecular formula is C15H13FN2O2S. The van der Waals surface area contributed by atoms with Crippen LogP contribution in [0.1, 0.15) is 27.2 Å². The Morgan fingerprint density at radius 2 is 2.38 bits per heavy atom. The van der Waals surface area contributed by atoms with Gasteiger partial charge < -0.3 is 10.4 Å². The summed E-state index contributed by atoms with van der Waals surface area (Å²) in [4.78, 5) is 16.3. The summed E-state index contributed by atoms with van der Waals surface area (Å²) in [5, 5.41) is 13.2. The molecule has 0 saturated heterocycles. The molecule has 0 bridgehead atoms. The summed E-state index contributed by atoms with van der Waals surface area (Å²) in [5.74, 6) is 4.62. The van der Waals surface area contributed by atoms with Gasteiger partial charge in [-0.2, -0.15) is 0 Å². The van der Waals surface area contributed by atoms with Crippen LogP contribution in [0.4, 0.5) is 4.39 Å². The maximum atomic E-state index is 13.4. The van der Waals surface area contributed by atoms with E-state index >= 15 is 0 Å². The first kappa shape index (κ1) is 15.2. The Kier molecular flexibility index (Phi) is 5.43. The molecule has 2 heterocycles. The molecule has 0 aliphatic carbocycles. The lowest BCUT2D eigenvalue weighted by Crippen LogP contribution is -2.23. The van der Waals surface area contributed by atoms with Crippen molar-refractivity contribution in [3.05, 3.63) is 51.7 Å². The Morgan fingerprint density at radius 1 is 1.52 bits per heavy atom. The summed E-state index contributed by atoms with van der Waals surface area (Å²) < 4.78 is 13.4. The molecule has 2 rings (SSSR count). The highest BCUT2D eigenvalue weighted by molar-refractivity contribution is 7.10. The molecule has 4 nitrogen and oxygen atoms in total. The van der Waals surface area contributed by atoms with Crippen molar-refractivity contribution in [2.45, 2.75) is 13.0 Å². The molecule has 0 unspecified atom stereocenters. The molecule has 0 aliphatic rings. The molecule has 0 atom stereocenters. The maximum absolute atomic E-state index is 13.4. The van der Waals surface area contributed by atoms with Crippen molar-refractivity contribution >= 4 is 17.2 Å². The van der Waals surface area contributed by atoms with Crippen LogP contribution in [0, 0.1) is 17.7 Å². The standard InChI is InChI=1S/C15H13FN2O2S/c16-14-9-17-5-4-13(14)15(20)18-8-12-7-11(10-21-12)3-1-2-6-19/h4-5,7,9-10,19H,2,6,8H2,(H,18,20). The second-order valence-electron chi connectivity index (χ2n) is 4.12. The zero-order valence-corrected chi connectivity index (χ0v) is 11.9. The van der Waals surface area contributed by atoms with Gasteiger partial charge in [0.05, 0.1) is 24.9 Å². The van der Waals surface area contributed by atoms with Crippen molar-refractivity contribution in [3.8, 4) is 11.8 Å². The minimum absolute atomic E-state index is 0.0236. The van der Waals surface area contributed by atoms with Crippen LogP contribution in [0.2, 0.25) is 0 Å². The van der Waals surface area contributed by atoms with E-state index in [4.69, 9.17) is 5.11 Å². The monoisotopic (exact) mass is 304 g/mol. The number of halogens is 1. The molecule has 108 valence electrons. The summed E-state index contributed by atoms with van der Waals surface area (Å²) in [7, 11) is 0. The molecule has 0 fully saturated rings. The van der Waals surface area contributed by atoms with E-state index in [2.05, 4.69) is 22.1 Å². The zero-order valence-electron chi connectivity index (χ0n) is 11.1. The number of rotatable bonds is 4. The molecule has 0 saturated carbocycles. The summed E-state index contributed by atoms with van der Waals surface area (Å²) in [6.45, 7) is 0.352. The highest BCUT2D eigenvalue weighted by atomic mass is 32.1. The fourth-order valence-corrected chi connectivity index (χ4v) is 2.34. The van der Waals surface area contributed by atoms with Crippen LogP contribution in [0.3, 0.4) is 0 Å². The number of pyridine rings is 1. The van der Waals surface area contributed by atoms with Gasteiger partial charge in [-0.1, -0.05) is 11.8 Å². The first-order valence-corrected chi connectivity index (χ1v) is 7.13. The molecular weight excluding hydrogens is 291 g/mol. The van der Waals surface area contributed by atoms with E-state index in [-0.39, 0.29) is 12.2 Å².